The second kappa shape index (κ2) is 6.01. The van der Waals surface area contributed by atoms with Gasteiger partial charge >= 0.3 is 0 Å². The molecule has 1 N–H and O–H groups in total. The highest BCUT2D eigenvalue weighted by Gasteiger charge is 2.22. The van der Waals surface area contributed by atoms with E-state index in [2.05, 4.69) is 16.3 Å². The molecule has 0 aliphatic carbocycles. The molecule has 0 radical (unpaired) electrons. The predicted molar refractivity (Wildman–Crippen MR) is 81.0 cm³/mol. The molecule has 3 rings (SSSR count). The van der Waals surface area contributed by atoms with Crippen LogP contribution in [0.2, 0.25) is 10.0 Å². The number of rotatable bonds is 2. The third-order valence-electron chi connectivity index (χ3n) is 4.31. The minimum Gasteiger partial charge on any atom is -0.317 e. The summed E-state index contributed by atoms with van der Waals surface area (Å²) in [6, 6.07) is 3.95. The van der Waals surface area contributed by atoms with Crippen LogP contribution in [-0.4, -0.2) is 31.1 Å². The van der Waals surface area contributed by atoms with Gasteiger partial charge in [0.25, 0.3) is 0 Å². The lowest BCUT2D eigenvalue weighted by Crippen LogP contribution is -2.38. The Balaban J connectivity index is 1.68. The van der Waals surface area contributed by atoms with Gasteiger partial charge in [-0.15, -0.1) is 0 Å². The first kappa shape index (κ1) is 13.7. The molecule has 1 aromatic carbocycles. The number of halogens is 2. The van der Waals surface area contributed by atoms with Crippen molar-refractivity contribution in [2.24, 2.45) is 5.92 Å². The molecule has 4 heteroatoms. The summed E-state index contributed by atoms with van der Waals surface area (Å²) in [4.78, 5) is 2.55. The van der Waals surface area contributed by atoms with Crippen LogP contribution in [-0.2, 0) is 13.0 Å². The summed E-state index contributed by atoms with van der Waals surface area (Å²) in [6.45, 7) is 5.67. The number of nitrogens with one attached hydrogen (secondary N) is 1. The zero-order valence-corrected chi connectivity index (χ0v) is 12.6. The molecule has 0 unspecified atom stereocenters. The van der Waals surface area contributed by atoms with Crippen molar-refractivity contribution in [2.45, 2.75) is 25.8 Å². The van der Waals surface area contributed by atoms with Crippen molar-refractivity contribution in [3.8, 4) is 0 Å². The summed E-state index contributed by atoms with van der Waals surface area (Å²) in [5.41, 5.74) is 2.62. The molecule has 2 nitrogen and oxygen atoms in total. The van der Waals surface area contributed by atoms with Gasteiger partial charge in [0.15, 0.2) is 0 Å². The maximum absolute atomic E-state index is 6.33. The summed E-state index contributed by atoms with van der Waals surface area (Å²) >= 11 is 12.4. The Kier molecular flexibility index (Phi) is 4.33. The number of benzene rings is 1. The number of nitrogens with zero attached hydrogens (tertiary/aromatic N) is 1. The van der Waals surface area contributed by atoms with Crippen molar-refractivity contribution in [2.75, 3.05) is 26.2 Å². The van der Waals surface area contributed by atoms with Gasteiger partial charge in [-0.1, -0.05) is 23.2 Å². The highest BCUT2D eigenvalue weighted by atomic mass is 35.5. The van der Waals surface area contributed by atoms with Crippen molar-refractivity contribution in [1.29, 1.82) is 0 Å². The third kappa shape index (κ3) is 3.25. The minimum atomic E-state index is 0.760. The van der Waals surface area contributed by atoms with E-state index in [0.717, 1.165) is 35.5 Å². The molecule has 0 saturated carbocycles. The first-order valence-electron chi connectivity index (χ1n) is 7.12. The average Bonchev–Trinajstić information content (AvgIpc) is 2.40. The molecule has 1 saturated heterocycles. The van der Waals surface area contributed by atoms with Gasteiger partial charge in [0, 0.05) is 29.7 Å². The lowest BCUT2D eigenvalue weighted by molar-refractivity contribution is 0.191. The molecular weight excluding hydrogens is 279 g/mol. The van der Waals surface area contributed by atoms with Gasteiger partial charge in [-0.25, -0.2) is 0 Å². The Bertz CT molecular complexity index is 456. The maximum atomic E-state index is 6.33. The third-order valence-corrected chi connectivity index (χ3v) is 4.86. The van der Waals surface area contributed by atoms with E-state index in [-0.39, 0.29) is 0 Å². The van der Waals surface area contributed by atoms with Gasteiger partial charge in [-0.3, -0.25) is 4.90 Å². The summed E-state index contributed by atoms with van der Waals surface area (Å²) in [7, 11) is 0. The lowest BCUT2D eigenvalue weighted by Gasteiger charge is -2.34. The molecule has 104 valence electrons. The Hall–Kier alpha value is -0.280. The molecule has 0 amide bonds. The average molecular weight is 299 g/mol. The topological polar surface area (TPSA) is 15.3 Å². The Morgan fingerprint density at radius 2 is 2.00 bits per heavy atom. The van der Waals surface area contributed by atoms with E-state index in [0.29, 0.717) is 0 Å². The van der Waals surface area contributed by atoms with Crippen molar-refractivity contribution < 1.29 is 0 Å². The van der Waals surface area contributed by atoms with Gasteiger partial charge in [0.05, 0.1) is 0 Å². The molecule has 0 atom stereocenters. The normalized spacial score (nSPS) is 21.4. The number of hydrogen-bond acceptors (Lipinski definition) is 2. The van der Waals surface area contributed by atoms with Crippen molar-refractivity contribution in [3.05, 3.63) is 33.3 Å². The fourth-order valence-electron chi connectivity index (χ4n) is 3.22. The Labute approximate surface area is 125 Å². The highest BCUT2D eigenvalue weighted by Crippen LogP contribution is 2.30. The van der Waals surface area contributed by atoms with E-state index < -0.39 is 0 Å². The van der Waals surface area contributed by atoms with E-state index in [9.17, 15) is 0 Å². The van der Waals surface area contributed by atoms with Crippen LogP contribution in [0.5, 0.6) is 0 Å². The van der Waals surface area contributed by atoms with E-state index in [1.165, 1.54) is 43.6 Å². The van der Waals surface area contributed by atoms with Crippen LogP contribution in [0.4, 0.5) is 0 Å². The van der Waals surface area contributed by atoms with Crippen LogP contribution in [0.3, 0.4) is 0 Å². The van der Waals surface area contributed by atoms with Gasteiger partial charge in [-0.2, -0.15) is 0 Å². The standard InChI is InChI=1S/C15H20Cl2N2/c16-13-7-12-3-6-19(10-14(12)15(17)8-13)9-11-1-4-18-5-2-11/h7-8,11,18H,1-6,9-10H2. The molecule has 0 spiro atoms. The van der Waals surface area contributed by atoms with E-state index in [1.807, 2.05) is 6.07 Å². The van der Waals surface area contributed by atoms with E-state index in [1.54, 1.807) is 0 Å². The predicted octanol–water partition coefficient (Wildman–Crippen LogP) is 3.35. The summed E-state index contributed by atoms with van der Waals surface area (Å²) in [5, 5.41) is 5.02. The second-order valence-electron chi connectivity index (χ2n) is 5.70. The second-order valence-corrected chi connectivity index (χ2v) is 6.55. The first-order chi connectivity index (χ1) is 9.22. The molecular formula is C15H20Cl2N2. The molecule has 2 aliphatic rings. The minimum absolute atomic E-state index is 0.760. The molecule has 2 aliphatic heterocycles. The van der Waals surface area contributed by atoms with Crippen LogP contribution in [0, 0.1) is 5.92 Å². The number of fused-ring (bicyclic) bond motifs is 1. The largest absolute Gasteiger partial charge is 0.317 e. The van der Waals surface area contributed by atoms with Crippen molar-refractivity contribution in [1.82, 2.24) is 10.2 Å². The number of piperidine rings is 1. The van der Waals surface area contributed by atoms with Gasteiger partial charge in [0.1, 0.15) is 0 Å². The van der Waals surface area contributed by atoms with Gasteiger partial charge < -0.3 is 5.32 Å². The Morgan fingerprint density at radius 1 is 1.21 bits per heavy atom. The molecule has 1 fully saturated rings. The first-order valence-corrected chi connectivity index (χ1v) is 7.88. The van der Waals surface area contributed by atoms with Crippen LogP contribution < -0.4 is 5.32 Å². The molecule has 1 aromatic rings. The Morgan fingerprint density at radius 3 is 2.79 bits per heavy atom. The van der Waals surface area contributed by atoms with Crippen molar-refractivity contribution >= 4 is 23.2 Å². The summed E-state index contributed by atoms with van der Waals surface area (Å²) < 4.78 is 0. The van der Waals surface area contributed by atoms with Crippen molar-refractivity contribution in [3.63, 3.8) is 0 Å². The zero-order valence-electron chi connectivity index (χ0n) is 11.1. The van der Waals surface area contributed by atoms with Crippen LogP contribution >= 0.6 is 23.2 Å². The zero-order chi connectivity index (χ0) is 13.2. The summed E-state index contributed by atoms with van der Waals surface area (Å²) in [6.07, 6.45) is 3.68. The van der Waals surface area contributed by atoms with Crippen LogP contribution in [0.15, 0.2) is 12.1 Å². The van der Waals surface area contributed by atoms with E-state index in [4.69, 9.17) is 23.2 Å². The van der Waals surface area contributed by atoms with Crippen LogP contribution in [0.25, 0.3) is 0 Å². The molecule has 2 heterocycles. The molecule has 0 bridgehead atoms. The molecule has 0 aromatic heterocycles. The van der Waals surface area contributed by atoms with Crippen LogP contribution in [0.1, 0.15) is 24.0 Å². The quantitative estimate of drug-likeness (QED) is 0.901. The lowest BCUT2D eigenvalue weighted by atomic mass is 9.94. The molecule has 19 heavy (non-hydrogen) atoms. The van der Waals surface area contributed by atoms with Gasteiger partial charge in [-0.05, 0) is 61.5 Å². The van der Waals surface area contributed by atoms with Gasteiger partial charge in [0.2, 0.25) is 0 Å². The monoisotopic (exact) mass is 298 g/mol. The van der Waals surface area contributed by atoms with E-state index >= 15 is 0 Å². The smallest absolute Gasteiger partial charge is 0.0468 e. The SMILES string of the molecule is Clc1cc(Cl)c2c(c1)CCN(CC1CCNCC1)C2. The fraction of sp³-hybridized carbons (Fsp3) is 0.600. The fourth-order valence-corrected chi connectivity index (χ4v) is 3.82. The maximum Gasteiger partial charge on any atom is 0.0468 e. The summed E-state index contributed by atoms with van der Waals surface area (Å²) in [5.74, 6) is 0.842. The highest BCUT2D eigenvalue weighted by molar-refractivity contribution is 6.35. The number of hydrogen-bond donors (Lipinski definition) is 1.